The van der Waals surface area contributed by atoms with E-state index in [0.29, 0.717) is 11.5 Å². The first kappa shape index (κ1) is 15.5. The first-order chi connectivity index (χ1) is 10.1. The number of benzene rings is 2. The van der Waals surface area contributed by atoms with E-state index in [-0.39, 0.29) is 5.56 Å². The second-order valence-corrected chi connectivity index (χ2v) is 5.18. The van der Waals surface area contributed by atoms with Crippen molar-refractivity contribution in [3.63, 3.8) is 0 Å². The largest absolute Gasteiger partial charge is 0.457 e. The Morgan fingerprint density at radius 3 is 2.48 bits per heavy atom. The lowest BCUT2D eigenvalue weighted by atomic mass is 10.1. The molecule has 0 spiro atoms. The summed E-state index contributed by atoms with van der Waals surface area (Å²) in [7, 11) is 0. The zero-order valence-electron chi connectivity index (χ0n) is 12.5. The fraction of sp³-hybridized carbons (Fsp3) is 0.333. The summed E-state index contributed by atoms with van der Waals surface area (Å²) in [5.41, 5.74) is 1.45. The molecule has 0 aromatic heterocycles. The molecule has 21 heavy (non-hydrogen) atoms. The fourth-order valence-electron chi connectivity index (χ4n) is 2.24. The van der Waals surface area contributed by atoms with Crippen LogP contribution >= 0.6 is 0 Å². The van der Waals surface area contributed by atoms with Crippen LogP contribution in [0.4, 0.5) is 4.39 Å². The van der Waals surface area contributed by atoms with E-state index in [1.54, 1.807) is 12.1 Å². The summed E-state index contributed by atoms with van der Waals surface area (Å²) >= 11 is 0. The lowest BCUT2D eigenvalue weighted by Gasteiger charge is -2.14. The van der Waals surface area contributed by atoms with Gasteiger partial charge < -0.3 is 9.84 Å². The number of aliphatic hydroxyl groups excluding tert-OH is 1. The third-order valence-electron chi connectivity index (χ3n) is 3.40. The van der Waals surface area contributed by atoms with Gasteiger partial charge >= 0.3 is 0 Å². The predicted molar refractivity (Wildman–Crippen MR) is 82.2 cm³/mol. The van der Waals surface area contributed by atoms with Crippen molar-refractivity contribution in [2.45, 2.75) is 39.2 Å². The van der Waals surface area contributed by atoms with E-state index in [0.717, 1.165) is 12.8 Å². The van der Waals surface area contributed by atoms with Crippen molar-refractivity contribution < 1.29 is 14.2 Å². The molecule has 0 heterocycles. The molecule has 3 heteroatoms. The summed E-state index contributed by atoms with van der Waals surface area (Å²) in [5, 5.41) is 9.68. The maximum atomic E-state index is 13.8. The molecule has 2 nitrogen and oxygen atoms in total. The van der Waals surface area contributed by atoms with Gasteiger partial charge in [0.05, 0.1) is 11.7 Å². The fourth-order valence-corrected chi connectivity index (χ4v) is 2.24. The van der Waals surface area contributed by atoms with Crippen LogP contribution < -0.4 is 4.74 Å². The lowest BCUT2D eigenvalue weighted by molar-refractivity contribution is 0.190. The van der Waals surface area contributed by atoms with Crippen molar-refractivity contribution in [1.29, 1.82) is 0 Å². The van der Waals surface area contributed by atoms with Crippen LogP contribution in [-0.4, -0.2) is 5.11 Å². The monoisotopic (exact) mass is 288 g/mol. The highest BCUT2D eigenvalue weighted by atomic mass is 19.1. The number of halogens is 1. The third kappa shape index (κ3) is 4.05. The zero-order chi connectivity index (χ0) is 15.2. The summed E-state index contributed by atoms with van der Waals surface area (Å²) in [6, 6.07) is 12.4. The molecule has 0 unspecified atom stereocenters. The van der Waals surface area contributed by atoms with Gasteiger partial charge in [0, 0.05) is 0 Å². The SMILES string of the molecule is CCCCc1ccc(Oc2cccc(F)c2[C@@H](C)O)cc1. The number of rotatable bonds is 6. The summed E-state index contributed by atoms with van der Waals surface area (Å²) < 4.78 is 19.5. The molecular formula is C18H21FO2. The Bertz CT molecular complexity index is 576. The molecule has 0 aliphatic heterocycles. The molecule has 112 valence electrons. The van der Waals surface area contributed by atoms with Crippen LogP contribution in [-0.2, 0) is 6.42 Å². The molecule has 0 fully saturated rings. The third-order valence-corrected chi connectivity index (χ3v) is 3.40. The van der Waals surface area contributed by atoms with E-state index in [1.165, 1.54) is 25.0 Å². The van der Waals surface area contributed by atoms with Crippen molar-refractivity contribution in [2.24, 2.45) is 0 Å². The van der Waals surface area contributed by atoms with E-state index in [1.807, 2.05) is 24.3 Å². The number of hydrogen-bond donors (Lipinski definition) is 1. The van der Waals surface area contributed by atoms with Gasteiger partial charge in [-0.25, -0.2) is 4.39 Å². The van der Waals surface area contributed by atoms with Crippen molar-refractivity contribution >= 4 is 0 Å². The quantitative estimate of drug-likeness (QED) is 0.809. The highest BCUT2D eigenvalue weighted by Crippen LogP contribution is 2.31. The number of unbranched alkanes of at least 4 members (excludes halogenated alkanes) is 1. The van der Waals surface area contributed by atoms with Crippen LogP contribution in [0.5, 0.6) is 11.5 Å². The molecule has 1 N–H and O–H groups in total. The standard InChI is InChI=1S/C18H21FO2/c1-3-4-6-14-9-11-15(12-10-14)21-17-8-5-7-16(19)18(17)13(2)20/h5,7-13,20H,3-4,6H2,1-2H3/t13-/m1/s1. The van der Waals surface area contributed by atoms with E-state index in [2.05, 4.69) is 6.92 Å². The maximum Gasteiger partial charge on any atom is 0.136 e. The highest BCUT2D eigenvalue weighted by molar-refractivity contribution is 5.40. The van der Waals surface area contributed by atoms with Crippen molar-refractivity contribution in [2.75, 3.05) is 0 Å². The highest BCUT2D eigenvalue weighted by Gasteiger charge is 2.15. The van der Waals surface area contributed by atoms with Gasteiger partial charge in [-0.1, -0.05) is 31.5 Å². The topological polar surface area (TPSA) is 29.5 Å². The van der Waals surface area contributed by atoms with E-state index < -0.39 is 11.9 Å². The number of aliphatic hydroxyl groups is 1. The molecule has 0 bridgehead atoms. The van der Waals surface area contributed by atoms with Gasteiger partial charge in [0.2, 0.25) is 0 Å². The molecule has 0 aliphatic carbocycles. The maximum absolute atomic E-state index is 13.8. The molecule has 0 amide bonds. The van der Waals surface area contributed by atoms with Gasteiger partial charge in [-0.05, 0) is 49.6 Å². The Morgan fingerprint density at radius 1 is 1.14 bits per heavy atom. The first-order valence-corrected chi connectivity index (χ1v) is 7.35. The number of ether oxygens (including phenoxy) is 1. The zero-order valence-corrected chi connectivity index (χ0v) is 12.5. The van der Waals surface area contributed by atoms with Gasteiger partial charge in [-0.3, -0.25) is 0 Å². The summed E-state index contributed by atoms with van der Waals surface area (Å²) in [5.74, 6) is 0.538. The van der Waals surface area contributed by atoms with Crippen molar-refractivity contribution in [1.82, 2.24) is 0 Å². The average molecular weight is 288 g/mol. The van der Waals surface area contributed by atoms with E-state index in [9.17, 15) is 9.50 Å². The Balaban J connectivity index is 2.17. The van der Waals surface area contributed by atoms with Crippen LogP contribution in [0.25, 0.3) is 0 Å². The molecule has 1 atom stereocenters. The second-order valence-electron chi connectivity index (χ2n) is 5.18. The molecule has 2 rings (SSSR count). The molecule has 0 aliphatic rings. The van der Waals surface area contributed by atoms with Gasteiger partial charge in [-0.15, -0.1) is 0 Å². The Hall–Kier alpha value is -1.87. The van der Waals surface area contributed by atoms with Gasteiger partial charge in [0.25, 0.3) is 0 Å². The van der Waals surface area contributed by atoms with Crippen LogP contribution in [0.3, 0.4) is 0 Å². The van der Waals surface area contributed by atoms with E-state index in [4.69, 9.17) is 4.74 Å². The van der Waals surface area contributed by atoms with Crippen molar-refractivity contribution in [3.8, 4) is 11.5 Å². The average Bonchev–Trinajstić information content (AvgIpc) is 2.46. The molecule has 0 saturated carbocycles. The van der Waals surface area contributed by atoms with Gasteiger partial charge in [0.1, 0.15) is 17.3 Å². The Labute approximate surface area is 125 Å². The van der Waals surface area contributed by atoms with Crippen molar-refractivity contribution in [3.05, 3.63) is 59.4 Å². The van der Waals surface area contributed by atoms with Crippen LogP contribution in [0.15, 0.2) is 42.5 Å². The molecule has 2 aromatic rings. The van der Waals surface area contributed by atoms with Gasteiger partial charge in [-0.2, -0.15) is 0 Å². The normalized spacial score (nSPS) is 12.2. The first-order valence-electron chi connectivity index (χ1n) is 7.35. The summed E-state index contributed by atoms with van der Waals surface area (Å²) in [4.78, 5) is 0. The van der Waals surface area contributed by atoms with Gasteiger partial charge in [0.15, 0.2) is 0 Å². The van der Waals surface area contributed by atoms with Crippen LogP contribution in [0.1, 0.15) is 43.9 Å². The molecular weight excluding hydrogens is 267 g/mol. The van der Waals surface area contributed by atoms with Crippen LogP contribution in [0.2, 0.25) is 0 Å². The number of aryl methyl sites for hydroxylation is 1. The minimum Gasteiger partial charge on any atom is -0.457 e. The Morgan fingerprint density at radius 2 is 1.86 bits per heavy atom. The smallest absolute Gasteiger partial charge is 0.136 e. The molecule has 0 radical (unpaired) electrons. The van der Waals surface area contributed by atoms with E-state index >= 15 is 0 Å². The minimum absolute atomic E-state index is 0.188. The molecule has 0 saturated heterocycles. The Kier molecular flexibility index (Phi) is 5.34. The second kappa shape index (κ2) is 7.23. The minimum atomic E-state index is -0.912. The summed E-state index contributed by atoms with van der Waals surface area (Å²) in [6.45, 7) is 3.69. The van der Waals surface area contributed by atoms with Crippen LogP contribution in [0, 0.1) is 5.82 Å². The predicted octanol–water partition coefficient (Wildman–Crippen LogP) is 5.01. The lowest BCUT2D eigenvalue weighted by Crippen LogP contribution is -1.99. The molecule has 2 aromatic carbocycles. The number of hydrogen-bond acceptors (Lipinski definition) is 2. The summed E-state index contributed by atoms with van der Waals surface area (Å²) in [6.07, 6.45) is 2.47.